The topological polar surface area (TPSA) is 95.7 Å². The summed E-state index contributed by atoms with van der Waals surface area (Å²) in [5.74, 6) is 1.15. The van der Waals surface area contributed by atoms with E-state index in [4.69, 9.17) is 10.2 Å². The summed E-state index contributed by atoms with van der Waals surface area (Å²) in [6, 6.07) is 6.17. The summed E-state index contributed by atoms with van der Waals surface area (Å²) in [6.07, 6.45) is 0. The van der Waals surface area contributed by atoms with Crippen LogP contribution in [0, 0.1) is 5.82 Å². The first kappa shape index (κ1) is 15.5. The van der Waals surface area contributed by atoms with E-state index < -0.39 is 0 Å². The van der Waals surface area contributed by atoms with Gasteiger partial charge in [0.15, 0.2) is 5.16 Å². The molecule has 3 aromatic rings. The highest BCUT2D eigenvalue weighted by Crippen LogP contribution is 2.26. The minimum atomic E-state index is -0.350. The Bertz CT molecular complexity index is 815. The Hall–Kier alpha value is -2.42. The molecule has 0 spiro atoms. The van der Waals surface area contributed by atoms with Gasteiger partial charge in [-0.05, 0) is 32.0 Å². The van der Waals surface area contributed by atoms with E-state index in [2.05, 4.69) is 20.4 Å². The van der Waals surface area contributed by atoms with Crippen LogP contribution in [0.25, 0.3) is 11.5 Å². The van der Waals surface area contributed by atoms with Gasteiger partial charge >= 0.3 is 0 Å². The van der Waals surface area contributed by atoms with Gasteiger partial charge in [0, 0.05) is 11.6 Å². The van der Waals surface area contributed by atoms with E-state index in [1.165, 1.54) is 23.9 Å². The molecule has 0 saturated carbocycles. The number of halogens is 1. The van der Waals surface area contributed by atoms with Crippen molar-refractivity contribution in [2.45, 2.75) is 30.8 Å². The summed E-state index contributed by atoms with van der Waals surface area (Å²) in [6.45, 7) is 4.00. The van der Waals surface area contributed by atoms with Gasteiger partial charge in [-0.1, -0.05) is 17.8 Å². The molecule has 2 heterocycles. The van der Waals surface area contributed by atoms with Crippen LogP contribution in [0.15, 0.2) is 33.8 Å². The van der Waals surface area contributed by atoms with Gasteiger partial charge in [0.05, 0.1) is 5.75 Å². The second-order valence-corrected chi connectivity index (χ2v) is 6.05. The highest BCUT2D eigenvalue weighted by atomic mass is 32.2. The lowest BCUT2D eigenvalue weighted by molar-refractivity contribution is 0.525. The molecule has 0 aliphatic heterocycles. The molecule has 0 aliphatic carbocycles. The van der Waals surface area contributed by atoms with E-state index in [1.807, 2.05) is 18.4 Å². The molecular formula is C14H15FN6OS. The predicted molar refractivity (Wildman–Crippen MR) is 84.1 cm³/mol. The van der Waals surface area contributed by atoms with Crippen LogP contribution in [0.1, 0.15) is 25.8 Å². The van der Waals surface area contributed by atoms with E-state index in [-0.39, 0.29) is 17.7 Å². The number of nitrogens with two attached hydrogens (primary N) is 1. The van der Waals surface area contributed by atoms with Crippen molar-refractivity contribution in [3.8, 4) is 11.5 Å². The first-order valence-corrected chi connectivity index (χ1v) is 7.94. The van der Waals surface area contributed by atoms with Gasteiger partial charge in [0.2, 0.25) is 17.7 Å². The number of nitrogen functional groups attached to an aromatic ring is 1. The molecular weight excluding hydrogens is 319 g/mol. The molecule has 1 aromatic carbocycles. The Kier molecular flexibility index (Phi) is 4.28. The van der Waals surface area contributed by atoms with Crippen LogP contribution >= 0.6 is 11.8 Å². The van der Waals surface area contributed by atoms with Crippen molar-refractivity contribution in [2.75, 3.05) is 5.73 Å². The summed E-state index contributed by atoms with van der Waals surface area (Å²) in [7, 11) is 0. The maximum absolute atomic E-state index is 13.2. The Morgan fingerprint density at radius 2 is 2.09 bits per heavy atom. The normalized spacial score (nSPS) is 11.3. The summed E-state index contributed by atoms with van der Waals surface area (Å²) in [5, 5.41) is 16.5. The molecule has 0 aliphatic rings. The average molecular weight is 334 g/mol. The zero-order chi connectivity index (χ0) is 16.4. The lowest BCUT2D eigenvalue weighted by Crippen LogP contribution is -2.07. The van der Waals surface area contributed by atoms with Crippen LogP contribution < -0.4 is 5.73 Å². The van der Waals surface area contributed by atoms with Crippen LogP contribution in [0.2, 0.25) is 0 Å². The van der Waals surface area contributed by atoms with Crippen LogP contribution in [0.4, 0.5) is 10.3 Å². The molecule has 0 bridgehead atoms. The van der Waals surface area contributed by atoms with Crippen molar-refractivity contribution in [3.05, 3.63) is 36.0 Å². The quantitative estimate of drug-likeness (QED) is 0.717. The first-order valence-electron chi connectivity index (χ1n) is 6.96. The Labute approximate surface area is 136 Å². The number of anilines is 1. The van der Waals surface area contributed by atoms with Crippen molar-refractivity contribution < 1.29 is 8.81 Å². The molecule has 3 rings (SSSR count). The summed E-state index contributed by atoms with van der Waals surface area (Å²) >= 11 is 1.40. The van der Waals surface area contributed by atoms with Gasteiger partial charge in [0.25, 0.3) is 0 Å². The van der Waals surface area contributed by atoms with E-state index in [1.54, 1.807) is 12.1 Å². The van der Waals surface area contributed by atoms with Crippen LogP contribution in [-0.4, -0.2) is 25.0 Å². The van der Waals surface area contributed by atoms with Gasteiger partial charge in [-0.15, -0.1) is 20.4 Å². The highest BCUT2D eigenvalue weighted by Gasteiger charge is 2.15. The summed E-state index contributed by atoms with van der Waals surface area (Å²) in [4.78, 5) is 0. The van der Waals surface area contributed by atoms with E-state index >= 15 is 0 Å². The average Bonchev–Trinajstić information content (AvgIpc) is 3.11. The Morgan fingerprint density at radius 3 is 2.83 bits per heavy atom. The van der Waals surface area contributed by atoms with E-state index in [9.17, 15) is 4.39 Å². The molecule has 9 heteroatoms. The number of hydrogen-bond acceptors (Lipinski definition) is 7. The fourth-order valence-corrected chi connectivity index (χ4v) is 2.96. The van der Waals surface area contributed by atoms with Crippen molar-refractivity contribution in [2.24, 2.45) is 0 Å². The molecule has 0 atom stereocenters. The number of benzene rings is 1. The van der Waals surface area contributed by atoms with Crippen LogP contribution in [0.3, 0.4) is 0 Å². The highest BCUT2D eigenvalue weighted by molar-refractivity contribution is 7.98. The van der Waals surface area contributed by atoms with Crippen molar-refractivity contribution in [1.29, 1.82) is 0 Å². The van der Waals surface area contributed by atoms with Crippen LogP contribution in [-0.2, 0) is 5.75 Å². The lowest BCUT2D eigenvalue weighted by atomic mass is 10.2. The zero-order valence-electron chi connectivity index (χ0n) is 12.6. The molecule has 120 valence electrons. The largest absolute Gasteiger partial charge is 0.420 e. The molecule has 0 amide bonds. The Balaban J connectivity index is 1.73. The summed E-state index contributed by atoms with van der Waals surface area (Å²) in [5.41, 5.74) is 6.34. The van der Waals surface area contributed by atoms with Gasteiger partial charge in [0.1, 0.15) is 5.82 Å². The first-order chi connectivity index (χ1) is 11.0. The maximum Gasteiger partial charge on any atom is 0.247 e. The molecule has 0 saturated heterocycles. The molecule has 0 unspecified atom stereocenters. The molecule has 2 aromatic heterocycles. The fraction of sp³-hybridized carbons (Fsp3) is 0.286. The predicted octanol–water partition coefficient (Wildman–Crippen LogP) is 2.92. The second-order valence-electron chi connectivity index (χ2n) is 5.10. The third kappa shape index (κ3) is 3.34. The third-order valence-electron chi connectivity index (χ3n) is 3.07. The van der Waals surface area contributed by atoms with Crippen molar-refractivity contribution in [1.82, 2.24) is 25.0 Å². The number of rotatable bonds is 5. The number of thioether (sulfide) groups is 1. The minimum Gasteiger partial charge on any atom is -0.420 e. The molecule has 0 radical (unpaired) electrons. The minimum absolute atomic E-state index is 0.151. The van der Waals surface area contributed by atoms with E-state index in [0.29, 0.717) is 28.3 Å². The molecule has 23 heavy (non-hydrogen) atoms. The van der Waals surface area contributed by atoms with Gasteiger partial charge < -0.3 is 10.2 Å². The number of aromatic nitrogens is 5. The third-order valence-corrected chi connectivity index (χ3v) is 4.00. The molecule has 2 N–H and O–H groups in total. The van der Waals surface area contributed by atoms with Crippen molar-refractivity contribution >= 4 is 17.7 Å². The number of hydrogen-bond donors (Lipinski definition) is 1. The van der Waals surface area contributed by atoms with Gasteiger partial charge in [-0.2, -0.15) is 0 Å². The fourth-order valence-electron chi connectivity index (χ4n) is 2.05. The standard InChI is InChI=1S/C14H15FN6OS/c1-8(2)21-13(16)19-20-14(21)23-7-11-17-18-12(22-11)9-4-3-5-10(15)6-9/h3-6,8H,7H2,1-2H3,(H2,16,19). The Morgan fingerprint density at radius 1 is 1.26 bits per heavy atom. The van der Waals surface area contributed by atoms with Gasteiger partial charge in [-0.25, -0.2) is 4.39 Å². The molecule has 0 fully saturated rings. The molecule has 7 nitrogen and oxygen atoms in total. The monoisotopic (exact) mass is 334 g/mol. The maximum atomic E-state index is 13.2. The number of nitrogens with zero attached hydrogens (tertiary/aromatic N) is 5. The van der Waals surface area contributed by atoms with E-state index in [0.717, 1.165) is 0 Å². The van der Waals surface area contributed by atoms with Gasteiger partial charge in [-0.3, -0.25) is 4.57 Å². The second kappa shape index (κ2) is 6.37. The summed E-state index contributed by atoms with van der Waals surface area (Å²) < 4.78 is 20.6. The lowest BCUT2D eigenvalue weighted by Gasteiger charge is -2.10. The SMILES string of the molecule is CC(C)n1c(N)nnc1SCc1nnc(-c2cccc(F)c2)o1. The smallest absolute Gasteiger partial charge is 0.247 e. The zero-order valence-corrected chi connectivity index (χ0v) is 13.4. The van der Waals surface area contributed by atoms with Crippen LogP contribution in [0.5, 0.6) is 0 Å². The van der Waals surface area contributed by atoms with Crippen molar-refractivity contribution in [3.63, 3.8) is 0 Å².